The first-order valence-electron chi connectivity index (χ1n) is 15.7. The van der Waals surface area contributed by atoms with E-state index in [-0.39, 0.29) is 35.6 Å². The second-order valence-corrected chi connectivity index (χ2v) is 12.6. The highest BCUT2D eigenvalue weighted by Gasteiger charge is 2.39. The van der Waals surface area contributed by atoms with E-state index in [0.29, 0.717) is 6.54 Å². The number of unbranched alkanes of at least 4 members (excludes halogenated alkanes) is 1. The number of fused-ring (bicyclic) bond motifs is 1. The zero-order valence-electron chi connectivity index (χ0n) is 27.3. The van der Waals surface area contributed by atoms with Crippen LogP contribution in [-0.2, 0) is 14.3 Å². The van der Waals surface area contributed by atoms with Crippen LogP contribution in [0.4, 0.5) is 10.5 Å². The van der Waals surface area contributed by atoms with Gasteiger partial charge in [-0.1, -0.05) is 43.7 Å². The molecule has 3 atom stereocenters. The highest BCUT2D eigenvalue weighted by atomic mass is 16.6. The highest BCUT2D eigenvalue weighted by molar-refractivity contribution is 6.00. The summed E-state index contributed by atoms with van der Waals surface area (Å²) in [6.45, 7) is 9.00. The maximum Gasteiger partial charge on any atom is 0.407 e. The van der Waals surface area contributed by atoms with E-state index in [1.54, 1.807) is 18.0 Å². The van der Waals surface area contributed by atoms with Crippen LogP contribution in [0, 0.1) is 5.92 Å². The molecule has 45 heavy (non-hydrogen) atoms. The Morgan fingerprint density at radius 2 is 1.84 bits per heavy atom. The van der Waals surface area contributed by atoms with Gasteiger partial charge in [-0.25, -0.2) is 9.59 Å². The number of hydrogen-bond acceptors (Lipinski definition) is 6. The molecule has 1 saturated heterocycles. The minimum Gasteiger partial charge on any atom is -0.477 e. The topological polar surface area (TPSA) is 132 Å². The largest absolute Gasteiger partial charge is 0.477 e. The number of carboxylic acid groups (broad SMARTS) is 1. The van der Waals surface area contributed by atoms with Crippen LogP contribution in [0.1, 0.15) is 81.8 Å². The SMILES string of the molecule is CCC(C=O)CCCCNC(=O)OC(C)(C)C.CN(C(=O)[C@@H]1[C@H](c2ccccc2)CCN1C)c1ccc2[nH]c(C(=O)O)cc2c1. The second kappa shape index (κ2) is 16.2. The van der Waals surface area contributed by atoms with Crippen molar-refractivity contribution in [3.05, 3.63) is 65.9 Å². The fraction of sp³-hybridized carbons (Fsp3) is 0.486. The lowest BCUT2D eigenvalue weighted by atomic mass is 9.91. The number of alkyl carbamates (subject to hydrolysis) is 1. The predicted molar refractivity (Wildman–Crippen MR) is 177 cm³/mol. The van der Waals surface area contributed by atoms with Crippen LogP contribution < -0.4 is 10.2 Å². The quantitative estimate of drug-likeness (QED) is 0.171. The van der Waals surface area contributed by atoms with Gasteiger partial charge < -0.3 is 29.8 Å². The molecule has 2 aromatic carbocycles. The second-order valence-electron chi connectivity index (χ2n) is 12.6. The molecule has 10 nitrogen and oxygen atoms in total. The van der Waals surface area contributed by atoms with Gasteiger partial charge in [0.2, 0.25) is 5.91 Å². The molecular weight excluding hydrogens is 572 g/mol. The smallest absolute Gasteiger partial charge is 0.407 e. The molecule has 1 unspecified atom stereocenters. The van der Waals surface area contributed by atoms with Crippen LogP contribution in [0.3, 0.4) is 0 Å². The van der Waals surface area contributed by atoms with Crippen molar-refractivity contribution >= 4 is 40.8 Å². The van der Waals surface area contributed by atoms with Crippen molar-refractivity contribution in [2.45, 2.75) is 77.4 Å². The molecule has 1 fully saturated rings. The molecule has 2 amide bonds. The van der Waals surface area contributed by atoms with Crippen molar-refractivity contribution in [3.8, 4) is 0 Å². The summed E-state index contributed by atoms with van der Waals surface area (Å²) in [6.07, 6.45) is 5.21. The fourth-order valence-corrected chi connectivity index (χ4v) is 5.53. The van der Waals surface area contributed by atoms with Crippen LogP contribution >= 0.6 is 0 Å². The number of amides is 2. The number of rotatable bonds is 11. The van der Waals surface area contributed by atoms with Crippen LogP contribution in [0.2, 0.25) is 0 Å². The summed E-state index contributed by atoms with van der Waals surface area (Å²) in [5.41, 5.74) is 2.36. The predicted octanol–water partition coefficient (Wildman–Crippen LogP) is 6.22. The fourth-order valence-electron chi connectivity index (χ4n) is 5.53. The summed E-state index contributed by atoms with van der Waals surface area (Å²) in [5.74, 6) is -0.630. The molecule has 3 N–H and O–H groups in total. The van der Waals surface area contributed by atoms with Gasteiger partial charge in [0, 0.05) is 42.0 Å². The van der Waals surface area contributed by atoms with Crippen LogP contribution in [-0.4, -0.2) is 78.1 Å². The van der Waals surface area contributed by atoms with Gasteiger partial charge in [-0.3, -0.25) is 9.69 Å². The zero-order valence-corrected chi connectivity index (χ0v) is 27.3. The van der Waals surface area contributed by atoms with Crippen LogP contribution in [0.5, 0.6) is 0 Å². The minimum atomic E-state index is -1.000. The molecule has 0 spiro atoms. The molecule has 0 aliphatic carbocycles. The number of nitrogens with zero attached hydrogens (tertiary/aromatic N) is 2. The number of aromatic carboxylic acids is 1. The molecule has 4 rings (SSSR count). The van der Waals surface area contributed by atoms with Crippen molar-refractivity contribution in [1.82, 2.24) is 15.2 Å². The Kier molecular flexibility index (Phi) is 12.7. The zero-order chi connectivity index (χ0) is 33.1. The molecule has 1 aromatic heterocycles. The number of benzene rings is 2. The summed E-state index contributed by atoms with van der Waals surface area (Å²) in [7, 11) is 3.77. The average molecular weight is 621 g/mol. The number of H-pyrrole nitrogens is 1. The molecule has 2 heterocycles. The van der Waals surface area contributed by atoms with E-state index in [0.717, 1.165) is 61.5 Å². The van der Waals surface area contributed by atoms with Crippen molar-refractivity contribution in [3.63, 3.8) is 0 Å². The number of aldehydes is 1. The molecule has 1 aliphatic heterocycles. The van der Waals surface area contributed by atoms with E-state index in [9.17, 15) is 19.2 Å². The first-order valence-corrected chi connectivity index (χ1v) is 15.7. The van der Waals surface area contributed by atoms with Gasteiger partial charge in [-0.05, 0) is 89.9 Å². The molecule has 0 bridgehead atoms. The Balaban J connectivity index is 0.000000281. The number of carbonyl (C=O) groups is 4. The molecule has 244 valence electrons. The number of hydrogen-bond donors (Lipinski definition) is 3. The van der Waals surface area contributed by atoms with Crippen LogP contribution in [0.15, 0.2) is 54.6 Å². The van der Waals surface area contributed by atoms with E-state index >= 15 is 0 Å². The van der Waals surface area contributed by atoms with E-state index in [4.69, 9.17) is 9.84 Å². The Labute approximate surface area is 266 Å². The number of aromatic nitrogens is 1. The van der Waals surface area contributed by atoms with Crippen molar-refractivity contribution in [1.29, 1.82) is 0 Å². The van der Waals surface area contributed by atoms with E-state index in [1.165, 1.54) is 5.56 Å². The minimum absolute atomic E-state index is 0.0437. The maximum absolute atomic E-state index is 13.4. The third kappa shape index (κ3) is 10.2. The third-order valence-electron chi connectivity index (χ3n) is 8.07. The molecular formula is C35H48N4O6. The monoisotopic (exact) mass is 620 g/mol. The lowest BCUT2D eigenvalue weighted by molar-refractivity contribution is -0.122. The molecule has 0 saturated carbocycles. The highest BCUT2D eigenvalue weighted by Crippen LogP contribution is 2.34. The standard InChI is InChI=1S/C22H23N3O3.C13H25NO3/c1-24-11-10-17(14-6-4-3-5-7-14)20(24)21(26)25(2)16-8-9-18-15(12-16)13-19(23-18)22(27)28;1-5-11(10-15)8-6-7-9-14-12(16)17-13(2,3)4/h3-9,12-13,17,20,23H,10-11H2,1-2H3,(H,27,28);10-11H,5-9H2,1-4H3,(H,14,16)/t17-,20-;/m0./s1. The number of anilines is 1. The number of aromatic amines is 1. The number of nitrogens with one attached hydrogen (secondary N) is 2. The average Bonchev–Trinajstić information content (AvgIpc) is 3.61. The Hall–Kier alpha value is -4.18. The number of likely N-dealkylation sites (tertiary alicyclic amines) is 1. The first kappa shape index (κ1) is 35.3. The summed E-state index contributed by atoms with van der Waals surface area (Å²) < 4.78 is 5.10. The molecule has 0 radical (unpaired) electrons. The number of carboxylic acids is 1. The van der Waals surface area contributed by atoms with E-state index < -0.39 is 11.6 Å². The lowest BCUT2D eigenvalue weighted by Crippen LogP contribution is -2.45. The summed E-state index contributed by atoms with van der Waals surface area (Å²) >= 11 is 0. The summed E-state index contributed by atoms with van der Waals surface area (Å²) in [6, 6.07) is 17.1. The van der Waals surface area contributed by atoms with Crippen LogP contribution in [0.25, 0.3) is 10.9 Å². The van der Waals surface area contributed by atoms with Gasteiger partial charge in [0.1, 0.15) is 17.6 Å². The van der Waals surface area contributed by atoms with Crippen molar-refractivity contribution < 1.29 is 29.0 Å². The molecule has 10 heteroatoms. The normalized spacial score (nSPS) is 17.2. The molecule has 3 aromatic rings. The summed E-state index contributed by atoms with van der Waals surface area (Å²) in [4.78, 5) is 53.1. The summed E-state index contributed by atoms with van der Waals surface area (Å²) in [5, 5.41) is 12.6. The maximum atomic E-state index is 13.4. The van der Waals surface area contributed by atoms with Gasteiger partial charge in [0.25, 0.3) is 0 Å². The molecule has 1 aliphatic rings. The Morgan fingerprint density at radius 1 is 1.13 bits per heavy atom. The third-order valence-corrected chi connectivity index (χ3v) is 8.07. The van der Waals surface area contributed by atoms with Gasteiger partial charge in [-0.2, -0.15) is 0 Å². The van der Waals surface area contributed by atoms with Gasteiger partial charge in [0.15, 0.2) is 0 Å². The first-order chi connectivity index (χ1) is 21.3. The van der Waals surface area contributed by atoms with Gasteiger partial charge in [0.05, 0.1) is 6.04 Å². The number of likely N-dealkylation sites (N-methyl/N-ethyl adjacent to an activating group) is 2. The Bertz CT molecular complexity index is 1430. The number of carbonyl (C=O) groups excluding carboxylic acids is 3. The number of ether oxygens (including phenoxy) is 1. The van der Waals surface area contributed by atoms with E-state index in [1.807, 2.05) is 71.1 Å². The van der Waals surface area contributed by atoms with Crippen molar-refractivity contribution in [2.24, 2.45) is 5.92 Å². The Morgan fingerprint density at radius 3 is 2.47 bits per heavy atom. The van der Waals surface area contributed by atoms with E-state index in [2.05, 4.69) is 27.3 Å². The van der Waals surface area contributed by atoms with Gasteiger partial charge >= 0.3 is 12.1 Å². The van der Waals surface area contributed by atoms with Crippen molar-refractivity contribution in [2.75, 3.05) is 32.1 Å². The lowest BCUT2D eigenvalue weighted by Gasteiger charge is -2.29. The van der Waals surface area contributed by atoms with Gasteiger partial charge in [-0.15, -0.1) is 0 Å².